The predicted molar refractivity (Wildman–Crippen MR) is 94.0 cm³/mol. The van der Waals surface area contributed by atoms with Crippen LogP contribution in [0.5, 0.6) is 11.5 Å². The quantitative estimate of drug-likeness (QED) is 0.800. The van der Waals surface area contributed by atoms with E-state index in [1.165, 1.54) is 24.0 Å². The number of rotatable bonds is 6. The van der Waals surface area contributed by atoms with Crippen molar-refractivity contribution in [3.05, 3.63) is 53.6 Å². The largest absolute Gasteiger partial charge is 0.497 e. The molecular weight excluding hydrogens is 304 g/mol. The zero-order valence-corrected chi connectivity index (χ0v) is 13.8. The standard InChI is InChI=1S/C19H22N2O3/c1-23-17-9-6-16(7-10-17)21-19(22)20-11-12-24-18-8-5-14-3-2-4-15(14)13-18/h5-10,13H,2-4,11-12H2,1H3,(H2,20,21,22). The van der Waals surface area contributed by atoms with E-state index < -0.39 is 0 Å². The zero-order valence-electron chi connectivity index (χ0n) is 13.8. The Kier molecular flexibility index (Phi) is 5.21. The van der Waals surface area contributed by atoms with E-state index in [0.29, 0.717) is 18.8 Å². The number of hydrogen-bond donors (Lipinski definition) is 2. The normalized spacial score (nSPS) is 12.4. The molecule has 0 bridgehead atoms. The highest BCUT2D eigenvalue weighted by Crippen LogP contribution is 2.25. The van der Waals surface area contributed by atoms with Crippen LogP contribution in [-0.2, 0) is 12.8 Å². The van der Waals surface area contributed by atoms with Crippen molar-refractivity contribution in [2.45, 2.75) is 19.3 Å². The first-order chi connectivity index (χ1) is 11.7. The molecule has 2 amide bonds. The van der Waals surface area contributed by atoms with Crippen molar-refractivity contribution < 1.29 is 14.3 Å². The maximum atomic E-state index is 11.8. The Labute approximate surface area is 142 Å². The highest BCUT2D eigenvalue weighted by Gasteiger charge is 2.11. The van der Waals surface area contributed by atoms with E-state index >= 15 is 0 Å². The topological polar surface area (TPSA) is 59.6 Å². The number of carbonyl (C=O) groups is 1. The summed E-state index contributed by atoms with van der Waals surface area (Å²) in [5.41, 5.74) is 3.53. The molecule has 2 aromatic carbocycles. The lowest BCUT2D eigenvalue weighted by atomic mass is 10.1. The SMILES string of the molecule is COc1ccc(NC(=O)NCCOc2ccc3c(c2)CCC3)cc1. The van der Waals surface area contributed by atoms with Gasteiger partial charge in [0.05, 0.1) is 13.7 Å². The van der Waals surface area contributed by atoms with Crippen LogP contribution in [0.1, 0.15) is 17.5 Å². The first kappa shape index (κ1) is 16.2. The Morgan fingerprint density at radius 1 is 1.04 bits per heavy atom. The van der Waals surface area contributed by atoms with Crippen LogP contribution in [0.2, 0.25) is 0 Å². The summed E-state index contributed by atoms with van der Waals surface area (Å²) in [6.07, 6.45) is 3.53. The molecule has 5 nitrogen and oxygen atoms in total. The number of anilines is 1. The van der Waals surface area contributed by atoms with E-state index in [1.54, 1.807) is 31.4 Å². The third-order valence-electron chi connectivity index (χ3n) is 4.07. The molecule has 2 aromatic rings. The molecule has 0 aliphatic heterocycles. The van der Waals surface area contributed by atoms with Crippen molar-refractivity contribution in [1.82, 2.24) is 5.32 Å². The smallest absolute Gasteiger partial charge is 0.319 e. The van der Waals surface area contributed by atoms with Crippen LogP contribution < -0.4 is 20.1 Å². The van der Waals surface area contributed by atoms with Crippen LogP contribution in [0.15, 0.2) is 42.5 Å². The Morgan fingerprint density at radius 2 is 1.79 bits per heavy atom. The van der Waals surface area contributed by atoms with Gasteiger partial charge in [0.25, 0.3) is 0 Å². The van der Waals surface area contributed by atoms with Gasteiger partial charge in [-0.05, 0) is 66.8 Å². The van der Waals surface area contributed by atoms with Gasteiger partial charge in [0.15, 0.2) is 0 Å². The van der Waals surface area contributed by atoms with Crippen molar-refractivity contribution >= 4 is 11.7 Å². The Balaban J connectivity index is 1.38. The monoisotopic (exact) mass is 326 g/mol. The van der Waals surface area contributed by atoms with Crippen LogP contribution >= 0.6 is 0 Å². The maximum absolute atomic E-state index is 11.8. The van der Waals surface area contributed by atoms with Crippen molar-refractivity contribution in [3.63, 3.8) is 0 Å². The number of benzene rings is 2. The second-order valence-electron chi connectivity index (χ2n) is 5.74. The Hall–Kier alpha value is -2.69. The molecule has 0 spiro atoms. The second kappa shape index (κ2) is 7.73. The first-order valence-electron chi connectivity index (χ1n) is 8.18. The summed E-state index contributed by atoms with van der Waals surface area (Å²) < 4.78 is 10.8. The van der Waals surface area contributed by atoms with Crippen molar-refractivity contribution in [2.24, 2.45) is 0 Å². The lowest BCUT2D eigenvalue weighted by molar-refractivity contribution is 0.247. The number of urea groups is 1. The fraction of sp³-hybridized carbons (Fsp3) is 0.316. The van der Waals surface area contributed by atoms with Crippen LogP contribution in [0, 0.1) is 0 Å². The van der Waals surface area contributed by atoms with Gasteiger partial charge in [-0.2, -0.15) is 0 Å². The highest BCUT2D eigenvalue weighted by molar-refractivity contribution is 5.89. The minimum atomic E-state index is -0.252. The summed E-state index contributed by atoms with van der Waals surface area (Å²) in [6, 6.07) is 13.2. The summed E-state index contributed by atoms with van der Waals surface area (Å²) in [4.78, 5) is 11.8. The number of carbonyl (C=O) groups excluding carboxylic acids is 1. The molecule has 0 aromatic heterocycles. The van der Waals surface area contributed by atoms with Gasteiger partial charge in [-0.1, -0.05) is 6.07 Å². The fourth-order valence-electron chi connectivity index (χ4n) is 2.82. The van der Waals surface area contributed by atoms with Gasteiger partial charge in [-0.3, -0.25) is 0 Å². The van der Waals surface area contributed by atoms with Gasteiger partial charge in [0.1, 0.15) is 18.1 Å². The lowest BCUT2D eigenvalue weighted by Gasteiger charge is -2.10. The minimum Gasteiger partial charge on any atom is -0.497 e. The molecule has 0 fully saturated rings. The maximum Gasteiger partial charge on any atom is 0.319 e. The van der Waals surface area contributed by atoms with Crippen molar-refractivity contribution in [1.29, 1.82) is 0 Å². The minimum absolute atomic E-state index is 0.252. The molecule has 24 heavy (non-hydrogen) atoms. The second-order valence-corrected chi connectivity index (χ2v) is 5.74. The fourth-order valence-corrected chi connectivity index (χ4v) is 2.82. The number of hydrogen-bond acceptors (Lipinski definition) is 3. The van der Waals surface area contributed by atoms with Crippen LogP contribution in [0.4, 0.5) is 10.5 Å². The van der Waals surface area contributed by atoms with Crippen LogP contribution in [0.25, 0.3) is 0 Å². The predicted octanol–water partition coefficient (Wildman–Crippen LogP) is 3.38. The molecule has 2 N–H and O–H groups in total. The number of fused-ring (bicyclic) bond motifs is 1. The van der Waals surface area contributed by atoms with E-state index in [2.05, 4.69) is 22.8 Å². The third kappa shape index (κ3) is 4.19. The number of amides is 2. The number of nitrogens with one attached hydrogen (secondary N) is 2. The first-order valence-corrected chi connectivity index (χ1v) is 8.18. The van der Waals surface area contributed by atoms with Gasteiger partial charge in [-0.25, -0.2) is 4.79 Å². The van der Waals surface area contributed by atoms with Gasteiger partial charge < -0.3 is 20.1 Å². The van der Waals surface area contributed by atoms with Crippen molar-refractivity contribution in [3.8, 4) is 11.5 Å². The van der Waals surface area contributed by atoms with Gasteiger partial charge in [-0.15, -0.1) is 0 Å². The number of ether oxygens (including phenoxy) is 2. The Morgan fingerprint density at radius 3 is 2.58 bits per heavy atom. The van der Waals surface area contributed by atoms with Gasteiger partial charge in [0, 0.05) is 5.69 Å². The summed E-state index contributed by atoms with van der Waals surface area (Å²) in [5.74, 6) is 1.62. The van der Waals surface area contributed by atoms with E-state index in [1.807, 2.05) is 6.07 Å². The lowest BCUT2D eigenvalue weighted by Crippen LogP contribution is -2.32. The van der Waals surface area contributed by atoms with E-state index in [0.717, 1.165) is 17.9 Å². The van der Waals surface area contributed by atoms with Crippen molar-refractivity contribution in [2.75, 3.05) is 25.6 Å². The van der Waals surface area contributed by atoms with E-state index in [9.17, 15) is 4.79 Å². The highest BCUT2D eigenvalue weighted by atomic mass is 16.5. The molecule has 0 radical (unpaired) electrons. The van der Waals surface area contributed by atoms with E-state index in [4.69, 9.17) is 9.47 Å². The van der Waals surface area contributed by atoms with Gasteiger partial charge in [0.2, 0.25) is 0 Å². The molecular formula is C19H22N2O3. The molecule has 3 rings (SSSR count). The summed E-state index contributed by atoms with van der Waals surface area (Å²) in [7, 11) is 1.61. The van der Waals surface area contributed by atoms with Crippen LogP contribution in [0.3, 0.4) is 0 Å². The zero-order chi connectivity index (χ0) is 16.8. The number of methoxy groups -OCH3 is 1. The Bertz CT molecular complexity index is 698. The molecule has 1 aliphatic rings. The molecule has 0 saturated carbocycles. The third-order valence-corrected chi connectivity index (χ3v) is 4.07. The molecule has 126 valence electrons. The number of aryl methyl sites for hydroxylation is 2. The van der Waals surface area contributed by atoms with Crippen LogP contribution in [-0.4, -0.2) is 26.3 Å². The molecule has 5 heteroatoms. The molecule has 1 aliphatic carbocycles. The van der Waals surface area contributed by atoms with E-state index in [-0.39, 0.29) is 6.03 Å². The summed E-state index contributed by atoms with van der Waals surface area (Å²) >= 11 is 0. The average Bonchev–Trinajstić information content (AvgIpc) is 3.07. The molecule has 0 heterocycles. The van der Waals surface area contributed by atoms with Gasteiger partial charge >= 0.3 is 6.03 Å². The summed E-state index contributed by atoms with van der Waals surface area (Å²) in [5, 5.41) is 5.54. The molecule has 0 saturated heterocycles. The molecule has 0 atom stereocenters. The molecule has 0 unspecified atom stereocenters. The average molecular weight is 326 g/mol. The summed E-state index contributed by atoms with van der Waals surface area (Å²) in [6.45, 7) is 0.883.